The van der Waals surface area contributed by atoms with Gasteiger partial charge in [-0.2, -0.15) is 0 Å². The molecular formula is C10H13NO7S2. The summed E-state index contributed by atoms with van der Waals surface area (Å²) in [6, 6.07) is 2.94. The molecule has 0 bridgehead atoms. The number of ether oxygens (including phenoxy) is 1. The van der Waals surface area contributed by atoms with Gasteiger partial charge in [0.1, 0.15) is 0 Å². The Morgan fingerprint density at radius 1 is 1.05 bits per heavy atom. The number of sulfonamides is 1. The maximum absolute atomic E-state index is 11.8. The molecule has 0 atom stereocenters. The number of sulfone groups is 1. The standard InChI is InChI=1S/C10H13NO7S2/c1-17-10(12)7-4-8(19(3,13)14)6-9(5-7)20(15,16)11-18-2/h4-6,11H,1-3H3. The molecule has 10 heteroatoms. The number of hydrogen-bond acceptors (Lipinski definition) is 7. The zero-order valence-electron chi connectivity index (χ0n) is 10.9. The molecule has 1 N–H and O–H groups in total. The normalized spacial score (nSPS) is 12.2. The lowest BCUT2D eigenvalue weighted by Gasteiger charge is -2.08. The summed E-state index contributed by atoms with van der Waals surface area (Å²) < 4.78 is 51.1. The largest absolute Gasteiger partial charge is 0.465 e. The minimum absolute atomic E-state index is 0.202. The Morgan fingerprint density at radius 2 is 1.60 bits per heavy atom. The number of esters is 1. The molecule has 0 spiro atoms. The van der Waals surface area contributed by atoms with Crippen molar-refractivity contribution in [3.8, 4) is 0 Å². The predicted molar refractivity (Wildman–Crippen MR) is 68.2 cm³/mol. The van der Waals surface area contributed by atoms with Crippen molar-refractivity contribution >= 4 is 25.8 Å². The summed E-state index contributed by atoms with van der Waals surface area (Å²) in [6.45, 7) is 0. The van der Waals surface area contributed by atoms with Crippen LogP contribution in [0.1, 0.15) is 10.4 Å². The quantitative estimate of drug-likeness (QED) is 0.585. The smallest absolute Gasteiger partial charge is 0.337 e. The third kappa shape index (κ3) is 3.76. The molecule has 0 heterocycles. The van der Waals surface area contributed by atoms with E-state index in [9.17, 15) is 21.6 Å². The van der Waals surface area contributed by atoms with Crippen molar-refractivity contribution < 1.29 is 31.2 Å². The molecule has 0 aliphatic rings. The number of hydrogen-bond donors (Lipinski definition) is 1. The lowest BCUT2D eigenvalue weighted by molar-refractivity contribution is 0.0600. The van der Waals surface area contributed by atoms with Crippen LogP contribution in [0, 0.1) is 0 Å². The topological polar surface area (TPSA) is 116 Å². The van der Waals surface area contributed by atoms with E-state index in [1.165, 1.54) is 0 Å². The highest BCUT2D eigenvalue weighted by Crippen LogP contribution is 2.19. The maximum Gasteiger partial charge on any atom is 0.337 e. The second-order valence-electron chi connectivity index (χ2n) is 3.75. The molecule has 0 aliphatic carbocycles. The van der Waals surface area contributed by atoms with Crippen molar-refractivity contribution in [2.45, 2.75) is 9.79 Å². The number of nitrogens with one attached hydrogen (secondary N) is 1. The summed E-state index contributed by atoms with van der Waals surface area (Å²) in [5.74, 6) is -0.857. The van der Waals surface area contributed by atoms with Gasteiger partial charge in [0, 0.05) is 6.26 Å². The van der Waals surface area contributed by atoms with Gasteiger partial charge in [-0.15, -0.1) is 0 Å². The molecule has 1 aromatic rings. The minimum Gasteiger partial charge on any atom is -0.465 e. The van der Waals surface area contributed by atoms with E-state index >= 15 is 0 Å². The zero-order valence-corrected chi connectivity index (χ0v) is 12.5. The lowest BCUT2D eigenvalue weighted by Crippen LogP contribution is -2.23. The first-order chi connectivity index (χ1) is 9.11. The van der Waals surface area contributed by atoms with E-state index in [2.05, 4.69) is 9.57 Å². The molecular weight excluding hydrogens is 310 g/mol. The number of carbonyl (C=O) groups excluding carboxylic acids is 1. The Kier molecular flexibility index (Phi) is 4.86. The Morgan fingerprint density at radius 3 is 2.05 bits per heavy atom. The molecule has 0 unspecified atom stereocenters. The lowest BCUT2D eigenvalue weighted by atomic mass is 10.2. The van der Waals surface area contributed by atoms with E-state index in [0.717, 1.165) is 38.7 Å². The number of carbonyl (C=O) groups is 1. The van der Waals surface area contributed by atoms with Gasteiger partial charge in [0.25, 0.3) is 10.0 Å². The van der Waals surface area contributed by atoms with Crippen molar-refractivity contribution in [1.29, 1.82) is 0 Å². The summed E-state index contributed by atoms with van der Waals surface area (Å²) in [7, 11) is -5.63. The van der Waals surface area contributed by atoms with Gasteiger partial charge in [0.05, 0.1) is 29.6 Å². The van der Waals surface area contributed by atoms with Gasteiger partial charge in [-0.3, -0.25) is 4.84 Å². The highest BCUT2D eigenvalue weighted by atomic mass is 32.2. The SMILES string of the molecule is CONS(=O)(=O)c1cc(C(=O)OC)cc(S(C)(=O)=O)c1. The van der Waals surface area contributed by atoms with Crippen LogP contribution in [0.15, 0.2) is 28.0 Å². The number of methoxy groups -OCH3 is 1. The second kappa shape index (κ2) is 5.87. The van der Waals surface area contributed by atoms with Crippen molar-refractivity contribution in [1.82, 2.24) is 4.89 Å². The van der Waals surface area contributed by atoms with Gasteiger partial charge in [-0.1, -0.05) is 4.89 Å². The Bertz CT molecular complexity index is 722. The second-order valence-corrected chi connectivity index (χ2v) is 7.41. The first-order valence-electron chi connectivity index (χ1n) is 5.10. The Hall–Kier alpha value is -1.49. The van der Waals surface area contributed by atoms with Crippen LogP contribution in [0.25, 0.3) is 0 Å². The number of benzene rings is 1. The molecule has 0 radical (unpaired) electrons. The van der Waals surface area contributed by atoms with Crippen LogP contribution >= 0.6 is 0 Å². The Labute approximate surface area is 116 Å². The minimum atomic E-state index is -4.10. The van der Waals surface area contributed by atoms with Gasteiger partial charge in [-0.05, 0) is 18.2 Å². The fraction of sp³-hybridized carbons (Fsp3) is 0.300. The van der Waals surface area contributed by atoms with Crippen LogP contribution in [-0.2, 0) is 29.4 Å². The number of rotatable bonds is 5. The van der Waals surface area contributed by atoms with Gasteiger partial charge in [-0.25, -0.2) is 21.6 Å². The van der Waals surface area contributed by atoms with Gasteiger partial charge in [0.15, 0.2) is 9.84 Å². The molecule has 0 aromatic heterocycles. The third-order valence-corrected chi connectivity index (χ3v) is 4.57. The maximum atomic E-state index is 11.8. The average Bonchev–Trinajstić information content (AvgIpc) is 2.36. The molecule has 0 amide bonds. The first-order valence-corrected chi connectivity index (χ1v) is 8.47. The predicted octanol–water partition coefficient (Wildman–Crippen LogP) is -0.284. The summed E-state index contributed by atoms with van der Waals surface area (Å²) >= 11 is 0. The fourth-order valence-corrected chi connectivity index (χ4v) is 2.97. The molecule has 8 nitrogen and oxygen atoms in total. The highest BCUT2D eigenvalue weighted by molar-refractivity contribution is 7.91. The first kappa shape index (κ1) is 16.6. The van der Waals surface area contributed by atoms with E-state index in [4.69, 9.17) is 0 Å². The van der Waals surface area contributed by atoms with Crippen LogP contribution in [0.5, 0.6) is 0 Å². The van der Waals surface area contributed by atoms with Crippen molar-refractivity contribution in [3.63, 3.8) is 0 Å². The summed E-state index contributed by atoms with van der Waals surface area (Å²) in [5, 5.41) is 0. The summed E-state index contributed by atoms with van der Waals surface area (Å²) in [5.41, 5.74) is -0.202. The van der Waals surface area contributed by atoms with Crippen LogP contribution in [0.2, 0.25) is 0 Å². The van der Waals surface area contributed by atoms with Crippen LogP contribution < -0.4 is 4.89 Å². The van der Waals surface area contributed by atoms with E-state index in [0.29, 0.717) is 0 Å². The average molecular weight is 323 g/mol. The molecule has 1 aromatic carbocycles. The van der Waals surface area contributed by atoms with Crippen LogP contribution in [0.4, 0.5) is 0 Å². The summed E-state index contributed by atoms with van der Waals surface area (Å²) in [4.78, 5) is 16.8. The molecule has 112 valence electrons. The highest BCUT2D eigenvalue weighted by Gasteiger charge is 2.21. The van der Waals surface area contributed by atoms with Gasteiger partial charge < -0.3 is 4.74 Å². The summed E-state index contributed by atoms with van der Waals surface area (Å²) in [6.07, 6.45) is 0.892. The van der Waals surface area contributed by atoms with E-state index in [1.54, 1.807) is 4.89 Å². The third-order valence-electron chi connectivity index (χ3n) is 2.23. The van der Waals surface area contributed by atoms with Crippen molar-refractivity contribution in [2.75, 3.05) is 20.5 Å². The van der Waals surface area contributed by atoms with Gasteiger partial charge in [0.2, 0.25) is 0 Å². The fourth-order valence-electron chi connectivity index (χ4n) is 1.33. The van der Waals surface area contributed by atoms with E-state index in [1.807, 2.05) is 0 Å². The van der Waals surface area contributed by atoms with Crippen LogP contribution in [-0.4, -0.2) is 43.3 Å². The van der Waals surface area contributed by atoms with Crippen LogP contribution in [0.3, 0.4) is 0 Å². The van der Waals surface area contributed by atoms with Crippen molar-refractivity contribution in [3.05, 3.63) is 23.8 Å². The molecule has 0 aliphatic heterocycles. The molecule has 20 heavy (non-hydrogen) atoms. The van der Waals surface area contributed by atoms with E-state index in [-0.39, 0.29) is 10.5 Å². The zero-order chi connectivity index (χ0) is 15.6. The monoisotopic (exact) mass is 323 g/mol. The molecule has 1 rings (SSSR count). The van der Waals surface area contributed by atoms with E-state index < -0.39 is 30.7 Å². The molecule has 0 saturated carbocycles. The Balaban J connectivity index is 3.58. The van der Waals surface area contributed by atoms with Crippen molar-refractivity contribution in [2.24, 2.45) is 0 Å². The molecule has 0 fully saturated rings. The van der Waals surface area contributed by atoms with Gasteiger partial charge >= 0.3 is 5.97 Å². The molecule has 0 saturated heterocycles.